The third kappa shape index (κ3) is 4.37. The van der Waals surface area contributed by atoms with Gasteiger partial charge in [0.2, 0.25) is 0 Å². The lowest BCUT2D eigenvalue weighted by molar-refractivity contribution is 0.102. The van der Waals surface area contributed by atoms with E-state index in [1.165, 1.54) is 5.69 Å². The average molecular weight is 387 g/mol. The number of nitrogens with one attached hydrogen (secondary N) is 1. The van der Waals surface area contributed by atoms with Gasteiger partial charge in [0.15, 0.2) is 0 Å². The van der Waals surface area contributed by atoms with Gasteiger partial charge in [0.05, 0.1) is 12.4 Å². The molecule has 1 amide bonds. The first-order valence-electron chi connectivity index (χ1n) is 9.86. The zero-order valence-corrected chi connectivity index (χ0v) is 16.8. The van der Waals surface area contributed by atoms with E-state index in [1.54, 1.807) is 12.4 Å². The van der Waals surface area contributed by atoms with Crippen molar-refractivity contribution in [3.63, 3.8) is 0 Å². The van der Waals surface area contributed by atoms with Gasteiger partial charge in [-0.15, -0.1) is 0 Å². The van der Waals surface area contributed by atoms with Crippen molar-refractivity contribution in [2.24, 2.45) is 0 Å². The van der Waals surface area contributed by atoms with E-state index in [2.05, 4.69) is 49.4 Å². The highest BCUT2D eigenvalue weighted by Crippen LogP contribution is 2.19. The van der Waals surface area contributed by atoms with Crippen molar-refractivity contribution in [2.45, 2.75) is 13.8 Å². The maximum absolute atomic E-state index is 12.5. The van der Waals surface area contributed by atoms with Crippen LogP contribution in [0.2, 0.25) is 0 Å². The summed E-state index contributed by atoms with van der Waals surface area (Å²) in [6, 6.07) is 16.4. The number of piperazine rings is 1. The second kappa shape index (κ2) is 8.31. The van der Waals surface area contributed by atoms with Crippen molar-refractivity contribution in [3.8, 4) is 0 Å². The van der Waals surface area contributed by atoms with E-state index in [4.69, 9.17) is 0 Å². The maximum atomic E-state index is 12.5. The Bertz CT molecular complexity index is 980. The number of benzene rings is 2. The van der Waals surface area contributed by atoms with Crippen LogP contribution in [0.5, 0.6) is 0 Å². The van der Waals surface area contributed by atoms with Gasteiger partial charge in [0.25, 0.3) is 5.91 Å². The van der Waals surface area contributed by atoms with E-state index in [-0.39, 0.29) is 5.91 Å². The molecule has 148 valence electrons. The summed E-state index contributed by atoms with van der Waals surface area (Å²) in [5.74, 6) is 0.561. The highest BCUT2D eigenvalue weighted by molar-refractivity contribution is 6.03. The van der Waals surface area contributed by atoms with Crippen molar-refractivity contribution in [2.75, 3.05) is 41.3 Å². The maximum Gasteiger partial charge on any atom is 0.275 e. The third-order valence-corrected chi connectivity index (χ3v) is 5.23. The first kappa shape index (κ1) is 18.9. The normalized spacial score (nSPS) is 14.0. The van der Waals surface area contributed by atoms with E-state index in [1.807, 2.05) is 38.1 Å². The van der Waals surface area contributed by atoms with Gasteiger partial charge in [-0.1, -0.05) is 35.9 Å². The van der Waals surface area contributed by atoms with Gasteiger partial charge in [-0.2, -0.15) is 0 Å². The van der Waals surface area contributed by atoms with E-state index in [0.29, 0.717) is 5.69 Å². The first-order valence-corrected chi connectivity index (χ1v) is 9.86. The van der Waals surface area contributed by atoms with Gasteiger partial charge in [-0.25, -0.2) is 9.97 Å². The molecule has 0 aliphatic carbocycles. The Labute approximate surface area is 171 Å². The smallest absolute Gasteiger partial charge is 0.275 e. The molecular weight excluding hydrogens is 362 g/mol. The molecule has 6 nitrogen and oxygen atoms in total. The van der Waals surface area contributed by atoms with Gasteiger partial charge in [-0.05, 0) is 37.6 Å². The zero-order chi connectivity index (χ0) is 20.2. The van der Waals surface area contributed by atoms with Gasteiger partial charge < -0.3 is 15.1 Å². The fourth-order valence-corrected chi connectivity index (χ4v) is 3.57. The second-order valence-electron chi connectivity index (χ2n) is 7.34. The topological polar surface area (TPSA) is 61.4 Å². The predicted octanol–water partition coefficient (Wildman–Crippen LogP) is 3.67. The SMILES string of the molecule is Cc1ccc(NC(=O)c2cnc(N3CCN(c4ccccc4)CC3)cn2)c(C)c1. The van der Waals surface area contributed by atoms with E-state index < -0.39 is 0 Å². The largest absolute Gasteiger partial charge is 0.368 e. The Morgan fingerprint density at radius 2 is 1.62 bits per heavy atom. The summed E-state index contributed by atoms with van der Waals surface area (Å²) in [5.41, 5.74) is 4.55. The number of nitrogens with zero attached hydrogens (tertiary/aromatic N) is 4. The Kier molecular flexibility index (Phi) is 5.42. The predicted molar refractivity (Wildman–Crippen MR) is 117 cm³/mol. The van der Waals surface area contributed by atoms with E-state index >= 15 is 0 Å². The summed E-state index contributed by atoms with van der Waals surface area (Å²) in [6.45, 7) is 7.62. The van der Waals surface area contributed by atoms with Gasteiger partial charge in [-0.3, -0.25) is 4.79 Å². The van der Waals surface area contributed by atoms with Crippen LogP contribution in [0, 0.1) is 13.8 Å². The van der Waals surface area contributed by atoms with Crippen LogP contribution in [0.4, 0.5) is 17.2 Å². The lowest BCUT2D eigenvalue weighted by atomic mass is 10.1. The molecule has 0 radical (unpaired) electrons. The number of carbonyl (C=O) groups is 1. The molecule has 1 saturated heterocycles. The molecular formula is C23H25N5O. The van der Waals surface area contributed by atoms with Crippen LogP contribution < -0.4 is 15.1 Å². The van der Waals surface area contributed by atoms with Crippen LogP contribution in [0.15, 0.2) is 60.9 Å². The Morgan fingerprint density at radius 3 is 2.28 bits per heavy atom. The molecule has 1 fully saturated rings. The van der Waals surface area contributed by atoms with Crippen LogP contribution in [0.25, 0.3) is 0 Å². The van der Waals surface area contributed by atoms with Crippen LogP contribution in [-0.2, 0) is 0 Å². The number of aryl methyl sites for hydroxylation is 2. The molecule has 1 aromatic heterocycles. The first-order chi connectivity index (χ1) is 14.1. The molecule has 2 heterocycles. The standard InChI is InChI=1S/C23H25N5O/c1-17-8-9-20(18(2)14-17)26-23(29)21-15-25-22(16-24-21)28-12-10-27(11-13-28)19-6-4-3-5-7-19/h3-9,14-16H,10-13H2,1-2H3,(H,26,29). The van der Waals surface area contributed by atoms with Crippen LogP contribution in [0.1, 0.15) is 21.6 Å². The Hall–Kier alpha value is -3.41. The quantitative estimate of drug-likeness (QED) is 0.740. The van der Waals surface area contributed by atoms with E-state index in [0.717, 1.165) is 48.8 Å². The van der Waals surface area contributed by atoms with Crippen molar-refractivity contribution in [1.29, 1.82) is 0 Å². The number of para-hydroxylation sites is 1. The Balaban J connectivity index is 1.37. The van der Waals surface area contributed by atoms with Crippen molar-refractivity contribution in [3.05, 3.63) is 77.7 Å². The number of hydrogen-bond donors (Lipinski definition) is 1. The fourth-order valence-electron chi connectivity index (χ4n) is 3.57. The summed E-state index contributed by atoms with van der Waals surface area (Å²) in [7, 11) is 0. The minimum Gasteiger partial charge on any atom is -0.368 e. The van der Waals surface area contributed by atoms with Crippen molar-refractivity contribution >= 4 is 23.1 Å². The highest BCUT2D eigenvalue weighted by atomic mass is 16.1. The summed E-state index contributed by atoms with van der Waals surface area (Å²) < 4.78 is 0. The monoisotopic (exact) mass is 387 g/mol. The molecule has 2 aromatic carbocycles. The number of aromatic nitrogens is 2. The number of carbonyl (C=O) groups excluding carboxylic acids is 1. The molecule has 0 atom stereocenters. The van der Waals surface area contributed by atoms with Crippen molar-refractivity contribution < 1.29 is 4.79 Å². The number of hydrogen-bond acceptors (Lipinski definition) is 5. The Morgan fingerprint density at radius 1 is 0.897 bits per heavy atom. The van der Waals surface area contributed by atoms with Gasteiger partial charge in [0, 0.05) is 37.6 Å². The lowest BCUT2D eigenvalue weighted by Crippen LogP contribution is -2.46. The molecule has 0 saturated carbocycles. The molecule has 1 N–H and O–H groups in total. The minimum absolute atomic E-state index is 0.245. The number of anilines is 3. The lowest BCUT2D eigenvalue weighted by Gasteiger charge is -2.36. The highest BCUT2D eigenvalue weighted by Gasteiger charge is 2.19. The molecule has 6 heteroatoms. The molecule has 0 bridgehead atoms. The second-order valence-corrected chi connectivity index (χ2v) is 7.34. The summed E-state index contributed by atoms with van der Waals surface area (Å²) in [6.07, 6.45) is 3.24. The fraction of sp³-hybridized carbons (Fsp3) is 0.261. The average Bonchev–Trinajstić information content (AvgIpc) is 2.76. The number of amides is 1. The summed E-state index contributed by atoms with van der Waals surface area (Å²) in [4.78, 5) is 25.9. The molecule has 0 spiro atoms. The molecule has 3 aromatic rings. The van der Waals surface area contributed by atoms with Gasteiger partial charge >= 0.3 is 0 Å². The molecule has 29 heavy (non-hydrogen) atoms. The van der Waals surface area contributed by atoms with Gasteiger partial charge in [0.1, 0.15) is 11.5 Å². The molecule has 0 unspecified atom stereocenters. The molecule has 4 rings (SSSR count). The van der Waals surface area contributed by atoms with Crippen LogP contribution in [0.3, 0.4) is 0 Å². The minimum atomic E-state index is -0.245. The summed E-state index contributed by atoms with van der Waals surface area (Å²) >= 11 is 0. The van der Waals surface area contributed by atoms with Crippen LogP contribution in [-0.4, -0.2) is 42.1 Å². The van der Waals surface area contributed by atoms with Crippen molar-refractivity contribution in [1.82, 2.24) is 9.97 Å². The third-order valence-electron chi connectivity index (χ3n) is 5.23. The van der Waals surface area contributed by atoms with E-state index in [9.17, 15) is 4.79 Å². The summed E-state index contributed by atoms with van der Waals surface area (Å²) in [5, 5.41) is 2.91. The molecule has 1 aliphatic rings. The number of rotatable bonds is 4. The van der Waals surface area contributed by atoms with Crippen LogP contribution >= 0.6 is 0 Å². The zero-order valence-electron chi connectivity index (χ0n) is 16.8. The molecule has 1 aliphatic heterocycles.